The number of aromatic nitrogens is 3. The van der Waals surface area contributed by atoms with Gasteiger partial charge in [0.25, 0.3) is 5.91 Å². The number of hydrogen-bond donors (Lipinski definition) is 0. The largest absolute Gasteiger partial charge is 0.379 e. The Balaban J connectivity index is 1.27. The van der Waals surface area contributed by atoms with Gasteiger partial charge in [-0.3, -0.25) is 9.69 Å². The van der Waals surface area contributed by atoms with Crippen molar-refractivity contribution in [1.29, 1.82) is 0 Å². The Morgan fingerprint density at radius 3 is 2.68 bits per heavy atom. The van der Waals surface area contributed by atoms with E-state index in [4.69, 9.17) is 4.74 Å². The van der Waals surface area contributed by atoms with Crippen LogP contribution in [-0.2, 0) is 11.3 Å². The van der Waals surface area contributed by atoms with E-state index in [1.807, 2.05) is 33.7 Å². The Hall–Kier alpha value is -2.77. The maximum atomic E-state index is 12.8. The van der Waals surface area contributed by atoms with Gasteiger partial charge in [0, 0.05) is 38.4 Å². The summed E-state index contributed by atoms with van der Waals surface area (Å²) in [5.74, 6) is 0.0384. The number of likely N-dealkylation sites (tertiary alicyclic amines) is 1. The summed E-state index contributed by atoms with van der Waals surface area (Å²) >= 11 is 0. The molecular weight excluding hydrogens is 354 g/mol. The van der Waals surface area contributed by atoms with Crippen molar-refractivity contribution >= 4 is 17.1 Å². The van der Waals surface area contributed by atoms with Gasteiger partial charge in [-0.05, 0) is 11.6 Å². The molecule has 5 rings (SSSR count). The molecule has 1 amide bonds. The van der Waals surface area contributed by atoms with Crippen LogP contribution in [0.3, 0.4) is 0 Å². The predicted octanol–water partition coefficient (Wildman–Crippen LogP) is 1.64. The minimum Gasteiger partial charge on any atom is -0.379 e. The molecule has 2 saturated heterocycles. The minimum atomic E-state index is 0.0384. The molecule has 28 heavy (non-hydrogen) atoms. The van der Waals surface area contributed by atoms with Gasteiger partial charge in [0.05, 0.1) is 31.6 Å². The second-order valence-corrected chi connectivity index (χ2v) is 7.44. The predicted molar refractivity (Wildman–Crippen MR) is 105 cm³/mol. The molecule has 2 aliphatic rings. The molecule has 0 aliphatic carbocycles. The molecule has 2 aliphatic heterocycles. The third-order valence-corrected chi connectivity index (χ3v) is 5.61. The van der Waals surface area contributed by atoms with Crippen LogP contribution in [0.5, 0.6) is 0 Å². The lowest BCUT2D eigenvalue weighted by molar-refractivity contribution is -0.0256. The fourth-order valence-electron chi connectivity index (χ4n) is 3.94. The summed E-state index contributed by atoms with van der Waals surface area (Å²) in [5, 5.41) is 0. The number of nitrogens with zero attached hydrogens (tertiary/aromatic N) is 5. The summed E-state index contributed by atoms with van der Waals surface area (Å²) in [5.41, 5.74) is 3.36. The lowest BCUT2D eigenvalue weighted by atomic mass is 10.0. The monoisotopic (exact) mass is 377 g/mol. The summed E-state index contributed by atoms with van der Waals surface area (Å²) in [4.78, 5) is 26.1. The fraction of sp³-hybridized carbons (Fsp3) is 0.381. The quantitative estimate of drug-likeness (QED) is 0.692. The third kappa shape index (κ3) is 3.27. The van der Waals surface area contributed by atoms with E-state index in [2.05, 4.69) is 27.0 Å². The Bertz CT molecular complexity index is 975. The van der Waals surface area contributed by atoms with Gasteiger partial charge in [0.1, 0.15) is 5.52 Å². The zero-order valence-corrected chi connectivity index (χ0v) is 15.7. The average Bonchev–Trinajstić information content (AvgIpc) is 3.10. The summed E-state index contributed by atoms with van der Waals surface area (Å²) in [6, 6.07) is 12.5. The van der Waals surface area contributed by atoms with Crippen molar-refractivity contribution in [3.63, 3.8) is 0 Å². The fourth-order valence-corrected chi connectivity index (χ4v) is 3.94. The van der Waals surface area contributed by atoms with Crippen molar-refractivity contribution in [3.05, 3.63) is 60.0 Å². The van der Waals surface area contributed by atoms with Crippen LogP contribution in [-0.4, -0.2) is 75.7 Å². The van der Waals surface area contributed by atoms with Crippen molar-refractivity contribution in [2.75, 3.05) is 39.4 Å². The van der Waals surface area contributed by atoms with E-state index in [9.17, 15) is 4.79 Å². The lowest BCUT2D eigenvalue weighted by Crippen LogP contribution is -2.62. The number of pyridine rings is 1. The van der Waals surface area contributed by atoms with E-state index in [1.54, 1.807) is 12.5 Å². The number of carbonyl (C=O) groups excluding carboxylic acids is 1. The van der Waals surface area contributed by atoms with E-state index >= 15 is 0 Å². The molecule has 3 aromatic rings. The number of morpholine rings is 1. The lowest BCUT2D eigenvalue weighted by Gasteiger charge is -2.46. The number of ether oxygens (including phenoxy) is 1. The molecule has 0 N–H and O–H groups in total. The van der Waals surface area contributed by atoms with Crippen LogP contribution < -0.4 is 0 Å². The SMILES string of the molecule is O=C(c1cnc2c(c1)ncn2Cc1ccccc1)N1CC(N2CCOCC2)C1. The Morgan fingerprint density at radius 1 is 1.11 bits per heavy atom. The van der Waals surface area contributed by atoms with Gasteiger partial charge in [0.15, 0.2) is 5.65 Å². The zero-order chi connectivity index (χ0) is 18.9. The highest BCUT2D eigenvalue weighted by atomic mass is 16.5. The molecule has 2 fully saturated rings. The maximum absolute atomic E-state index is 12.8. The van der Waals surface area contributed by atoms with Crippen molar-refractivity contribution in [1.82, 2.24) is 24.3 Å². The summed E-state index contributed by atoms with van der Waals surface area (Å²) < 4.78 is 7.41. The highest BCUT2D eigenvalue weighted by Crippen LogP contribution is 2.21. The molecule has 7 heteroatoms. The van der Waals surface area contributed by atoms with Crippen LogP contribution in [0.2, 0.25) is 0 Å². The summed E-state index contributed by atoms with van der Waals surface area (Å²) in [6.45, 7) is 5.76. The van der Waals surface area contributed by atoms with E-state index in [-0.39, 0.29) is 5.91 Å². The molecule has 0 spiro atoms. The van der Waals surface area contributed by atoms with Crippen LogP contribution in [0.15, 0.2) is 48.9 Å². The van der Waals surface area contributed by atoms with E-state index in [1.165, 1.54) is 5.56 Å². The standard InChI is InChI=1S/C21H23N5O2/c27-21(25-13-18(14-25)24-6-8-28-9-7-24)17-10-19-20(22-11-17)26(15-23-19)12-16-4-2-1-3-5-16/h1-5,10-11,15,18H,6-9,12-14H2. The van der Waals surface area contributed by atoms with E-state index < -0.39 is 0 Å². The highest BCUT2D eigenvalue weighted by Gasteiger charge is 2.35. The highest BCUT2D eigenvalue weighted by molar-refractivity contribution is 5.96. The second-order valence-electron chi connectivity index (χ2n) is 7.44. The smallest absolute Gasteiger partial charge is 0.255 e. The number of rotatable bonds is 4. The first-order chi connectivity index (χ1) is 13.8. The second kappa shape index (κ2) is 7.33. The number of carbonyl (C=O) groups is 1. The van der Waals surface area contributed by atoms with Crippen LogP contribution >= 0.6 is 0 Å². The van der Waals surface area contributed by atoms with Gasteiger partial charge >= 0.3 is 0 Å². The summed E-state index contributed by atoms with van der Waals surface area (Å²) in [7, 11) is 0. The van der Waals surface area contributed by atoms with E-state index in [0.717, 1.165) is 50.6 Å². The molecule has 2 aromatic heterocycles. The van der Waals surface area contributed by atoms with Gasteiger partial charge in [0.2, 0.25) is 0 Å². The Morgan fingerprint density at radius 2 is 1.89 bits per heavy atom. The molecule has 0 bridgehead atoms. The molecule has 1 aromatic carbocycles. The molecule has 7 nitrogen and oxygen atoms in total. The van der Waals surface area contributed by atoms with Gasteiger partial charge < -0.3 is 14.2 Å². The van der Waals surface area contributed by atoms with Crippen molar-refractivity contribution in [3.8, 4) is 0 Å². The van der Waals surface area contributed by atoms with Crippen LogP contribution in [0.4, 0.5) is 0 Å². The average molecular weight is 377 g/mol. The first kappa shape index (κ1) is 17.3. The van der Waals surface area contributed by atoms with E-state index in [0.29, 0.717) is 18.2 Å². The van der Waals surface area contributed by atoms with Crippen LogP contribution in [0.1, 0.15) is 15.9 Å². The molecular formula is C21H23N5O2. The molecule has 144 valence electrons. The Labute approximate surface area is 163 Å². The number of imidazole rings is 1. The number of amides is 1. The molecule has 4 heterocycles. The normalized spacial score (nSPS) is 18.4. The third-order valence-electron chi connectivity index (χ3n) is 5.61. The van der Waals surface area contributed by atoms with Gasteiger partial charge in [-0.1, -0.05) is 30.3 Å². The van der Waals surface area contributed by atoms with Crippen LogP contribution in [0, 0.1) is 0 Å². The molecule has 0 unspecified atom stereocenters. The van der Waals surface area contributed by atoms with Crippen molar-refractivity contribution < 1.29 is 9.53 Å². The Kier molecular flexibility index (Phi) is 4.54. The van der Waals surface area contributed by atoms with Gasteiger partial charge in [-0.2, -0.15) is 0 Å². The number of fused-ring (bicyclic) bond motifs is 1. The van der Waals surface area contributed by atoms with Crippen molar-refractivity contribution in [2.24, 2.45) is 0 Å². The summed E-state index contributed by atoms with van der Waals surface area (Å²) in [6.07, 6.45) is 3.47. The number of hydrogen-bond acceptors (Lipinski definition) is 5. The number of benzene rings is 1. The first-order valence-electron chi connectivity index (χ1n) is 9.74. The zero-order valence-electron chi connectivity index (χ0n) is 15.7. The van der Waals surface area contributed by atoms with Gasteiger partial charge in [-0.15, -0.1) is 0 Å². The first-order valence-corrected chi connectivity index (χ1v) is 9.74. The van der Waals surface area contributed by atoms with Gasteiger partial charge in [-0.25, -0.2) is 9.97 Å². The van der Waals surface area contributed by atoms with Crippen LogP contribution in [0.25, 0.3) is 11.2 Å². The maximum Gasteiger partial charge on any atom is 0.255 e. The minimum absolute atomic E-state index is 0.0384. The molecule has 0 atom stereocenters. The molecule has 0 saturated carbocycles. The topological polar surface area (TPSA) is 63.5 Å². The van der Waals surface area contributed by atoms with Crippen molar-refractivity contribution in [2.45, 2.75) is 12.6 Å². The molecule has 0 radical (unpaired) electrons.